The third-order valence-corrected chi connectivity index (χ3v) is 3.53. The van der Waals surface area contributed by atoms with Crippen LogP contribution in [0.3, 0.4) is 0 Å². The van der Waals surface area contributed by atoms with Crippen molar-refractivity contribution in [1.29, 1.82) is 0 Å². The number of hydrogen-bond donors (Lipinski definition) is 2. The van der Waals surface area contributed by atoms with Crippen LogP contribution in [0, 0.1) is 0 Å². The number of halogens is 2. The van der Waals surface area contributed by atoms with E-state index in [1.807, 2.05) is 6.92 Å². The van der Waals surface area contributed by atoms with Crippen molar-refractivity contribution >= 4 is 11.8 Å². The number of hydrogen-bond acceptors (Lipinski definition) is 4. The summed E-state index contributed by atoms with van der Waals surface area (Å²) in [6, 6.07) is 4.66. The summed E-state index contributed by atoms with van der Waals surface area (Å²) < 4.78 is 34.3. The number of ether oxygens (including phenoxy) is 2. The van der Waals surface area contributed by atoms with Crippen molar-refractivity contribution in [3.63, 3.8) is 0 Å². The lowest BCUT2D eigenvalue weighted by molar-refractivity contribution is -0.137. The van der Waals surface area contributed by atoms with E-state index in [9.17, 15) is 18.4 Å². The molecule has 1 fully saturated rings. The predicted octanol–water partition coefficient (Wildman–Crippen LogP) is 1.41. The van der Waals surface area contributed by atoms with E-state index in [1.54, 1.807) is 12.1 Å². The predicted molar refractivity (Wildman–Crippen MR) is 81.9 cm³/mol. The fraction of sp³-hybridized carbons (Fsp3) is 0.500. The lowest BCUT2D eigenvalue weighted by Gasteiger charge is -2.29. The number of rotatable bonds is 8. The van der Waals surface area contributed by atoms with Crippen molar-refractivity contribution in [1.82, 2.24) is 10.6 Å². The Hall–Kier alpha value is -2.22. The summed E-state index contributed by atoms with van der Waals surface area (Å²) in [5, 5.41) is 5.33. The number of piperazine rings is 1. The van der Waals surface area contributed by atoms with Gasteiger partial charge in [-0.2, -0.15) is 0 Å². The van der Waals surface area contributed by atoms with Gasteiger partial charge in [0.05, 0.1) is 0 Å². The van der Waals surface area contributed by atoms with Gasteiger partial charge in [0.1, 0.15) is 24.4 Å². The van der Waals surface area contributed by atoms with Crippen LogP contribution in [0.15, 0.2) is 24.3 Å². The van der Waals surface area contributed by atoms with Crippen molar-refractivity contribution in [3.8, 4) is 5.75 Å². The van der Waals surface area contributed by atoms with Gasteiger partial charge in [-0.3, -0.25) is 9.59 Å². The molecule has 2 rings (SSSR count). The van der Waals surface area contributed by atoms with E-state index in [2.05, 4.69) is 10.6 Å². The van der Waals surface area contributed by atoms with Crippen LogP contribution < -0.4 is 15.4 Å². The van der Waals surface area contributed by atoms with Crippen molar-refractivity contribution in [3.05, 3.63) is 29.8 Å². The third-order valence-electron chi connectivity index (χ3n) is 3.53. The molecule has 24 heavy (non-hydrogen) atoms. The first-order valence-corrected chi connectivity index (χ1v) is 7.70. The Balaban J connectivity index is 1.95. The number of carbonyl (C=O) groups excluding carboxylic acids is 2. The van der Waals surface area contributed by atoms with Crippen molar-refractivity contribution in [2.24, 2.45) is 0 Å². The summed E-state index contributed by atoms with van der Waals surface area (Å²) in [5.74, 6) is -0.328. The number of alkyl halides is 2. The molecule has 0 aliphatic carbocycles. The van der Waals surface area contributed by atoms with Crippen LogP contribution >= 0.6 is 0 Å². The number of carbonyl (C=O) groups is 2. The highest BCUT2D eigenvalue weighted by Gasteiger charge is 2.34. The molecular weight excluding hydrogens is 322 g/mol. The zero-order chi connectivity index (χ0) is 17.5. The Bertz CT molecular complexity index is 566. The first kappa shape index (κ1) is 18.1. The average Bonchev–Trinajstić information content (AvgIpc) is 2.56. The van der Waals surface area contributed by atoms with Crippen LogP contribution in [0.25, 0.3) is 0 Å². The molecule has 1 saturated heterocycles. The van der Waals surface area contributed by atoms with Gasteiger partial charge in [-0.15, -0.1) is 0 Å². The second-order valence-electron chi connectivity index (χ2n) is 5.26. The molecular formula is C16H20F2N2O4. The van der Waals surface area contributed by atoms with Crippen LogP contribution in [-0.2, 0) is 14.3 Å². The molecule has 2 N–H and O–H groups in total. The summed E-state index contributed by atoms with van der Waals surface area (Å²) in [7, 11) is 0. The largest absolute Gasteiger partial charge is 0.488 e. The minimum absolute atomic E-state index is 0.274. The molecule has 2 atom stereocenters. The van der Waals surface area contributed by atoms with E-state index >= 15 is 0 Å². The molecule has 1 aromatic carbocycles. The molecule has 0 radical (unpaired) electrons. The number of nitrogens with one attached hydrogen (secondary N) is 2. The molecule has 132 valence electrons. The Morgan fingerprint density at radius 3 is 2.46 bits per heavy atom. The van der Waals surface area contributed by atoms with E-state index in [0.717, 1.165) is 0 Å². The molecule has 0 aromatic heterocycles. The topological polar surface area (TPSA) is 76.7 Å². The maximum absolute atomic E-state index is 12.2. The molecule has 1 aliphatic rings. The minimum atomic E-state index is -2.55. The number of benzene rings is 1. The highest BCUT2D eigenvalue weighted by molar-refractivity contribution is 5.97. The summed E-state index contributed by atoms with van der Waals surface area (Å²) in [5.41, 5.74) is 0.550. The van der Waals surface area contributed by atoms with Gasteiger partial charge in [-0.1, -0.05) is 12.1 Å². The molecule has 2 amide bonds. The Labute approximate surface area is 138 Å². The second-order valence-corrected chi connectivity index (χ2v) is 5.26. The third kappa shape index (κ3) is 4.89. The smallest absolute Gasteiger partial charge is 0.272 e. The summed E-state index contributed by atoms with van der Waals surface area (Å²) >= 11 is 0. The molecule has 0 saturated carbocycles. The summed E-state index contributed by atoms with van der Waals surface area (Å²) in [4.78, 5) is 24.3. The zero-order valence-electron chi connectivity index (χ0n) is 13.3. The standard InChI is InChI=1S/C16H20F2N2O4/c1-2-23-8-7-12-15(21)20-14(16(22)19-12)10-3-5-11(6-4-10)24-9-13(17)18/h3-6,12-14H,2,7-9H2,1H3,(H,19,22)(H,20,21). The maximum Gasteiger partial charge on any atom is 0.272 e. The summed E-state index contributed by atoms with van der Waals surface area (Å²) in [6.07, 6.45) is -2.15. The monoisotopic (exact) mass is 342 g/mol. The van der Waals surface area contributed by atoms with Crippen LogP contribution in [0.1, 0.15) is 24.9 Å². The number of amides is 2. The van der Waals surface area contributed by atoms with E-state index in [1.165, 1.54) is 12.1 Å². The van der Waals surface area contributed by atoms with Crippen molar-refractivity contribution < 1.29 is 27.8 Å². The normalized spacial score (nSPS) is 20.7. The average molecular weight is 342 g/mol. The van der Waals surface area contributed by atoms with Crippen LogP contribution in [0.2, 0.25) is 0 Å². The van der Waals surface area contributed by atoms with Gasteiger partial charge in [0.2, 0.25) is 11.8 Å². The van der Waals surface area contributed by atoms with Crippen molar-refractivity contribution in [2.75, 3.05) is 19.8 Å². The van der Waals surface area contributed by atoms with E-state index < -0.39 is 25.1 Å². The minimum Gasteiger partial charge on any atom is -0.488 e. The van der Waals surface area contributed by atoms with Gasteiger partial charge in [0, 0.05) is 13.2 Å². The fourth-order valence-electron chi connectivity index (χ4n) is 2.33. The van der Waals surface area contributed by atoms with Gasteiger partial charge in [-0.25, -0.2) is 8.78 Å². The Morgan fingerprint density at radius 2 is 1.83 bits per heavy atom. The SMILES string of the molecule is CCOCCC1NC(=O)C(c2ccc(OCC(F)F)cc2)NC1=O. The first-order valence-electron chi connectivity index (χ1n) is 7.70. The van der Waals surface area contributed by atoms with E-state index in [-0.39, 0.29) is 17.6 Å². The van der Waals surface area contributed by atoms with Gasteiger partial charge >= 0.3 is 0 Å². The molecule has 0 bridgehead atoms. The Morgan fingerprint density at radius 1 is 1.12 bits per heavy atom. The Kier molecular flexibility index (Phi) is 6.48. The quantitative estimate of drug-likeness (QED) is 0.701. The zero-order valence-corrected chi connectivity index (χ0v) is 13.3. The van der Waals surface area contributed by atoms with E-state index in [4.69, 9.17) is 9.47 Å². The van der Waals surface area contributed by atoms with E-state index in [0.29, 0.717) is 25.2 Å². The molecule has 2 unspecified atom stereocenters. The van der Waals surface area contributed by atoms with Crippen molar-refractivity contribution in [2.45, 2.75) is 31.9 Å². The van der Waals surface area contributed by atoms with Gasteiger partial charge in [-0.05, 0) is 31.0 Å². The fourth-order valence-corrected chi connectivity index (χ4v) is 2.33. The van der Waals surface area contributed by atoms with Crippen LogP contribution in [0.4, 0.5) is 8.78 Å². The van der Waals surface area contributed by atoms with Gasteiger partial charge < -0.3 is 20.1 Å². The highest BCUT2D eigenvalue weighted by atomic mass is 19.3. The van der Waals surface area contributed by atoms with Gasteiger partial charge in [0.25, 0.3) is 6.43 Å². The molecule has 1 heterocycles. The lowest BCUT2D eigenvalue weighted by Crippen LogP contribution is -2.57. The van der Waals surface area contributed by atoms with Crippen LogP contribution in [-0.4, -0.2) is 44.1 Å². The molecule has 1 aromatic rings. The molecule has 0 spiro atoms. The van der Waals surface area contributed by atoms with Crippen LogP contribution in [0.5, 0.6) is 5.75 Å². The maximum atomic E-state index is 12.2. The lowest BCUT2D eigenvalue weighted by atomic mass is 10.0. The molecule has 6 nitrogen and oxygen atoms in total. The summed E-state index contributed by atoms with van der Waals surface area (Å²) in [6.45, 7) is 2.09. The highest BCUT2D eigenvalue weighted by Crippen LogP contribution is 2.21. The molecule has 1 aliphatic heterocycles. The van der Waals surface area contributed by atoms with Gasteiger partial charge in [0.15, 0.2) is 0 Å². The first-order chi connectivity index (χ1) is 11.5. The second kappa shape index (κ2) is 8.58. The molecule has 8 heteroatoms.